The molecule has 2 heterocycles. The Hall–Kier alpha value is -2.67. The standard InChI is InChI=1S/C24H33N3O4/c1-3-31-24(30)23-18(2)27(22(29)16-20(23)19-10-6-4-7-11-19)17-21(28)25-12-15-26-13-8-5-9-14-26/h4,6-7,10-11,20H,3,5,8-9,12-17H2,1-2H3,(H,25,28). The van der Waals surface area contributed by atoms with Crippen molar-refractivity contribution in [3.8, 4) is 0 Å². The van der Waals surface area contributed by atoms with Crippen LogP contribution in [-0.2, 0) is 19.1 Å². The lowest BCUT2D eigenvalue weighted by Gasteiger charge is -2.34. The minimum Gasteiger partial charge on any atom is -0.463 e. The minimum atomic E-state index is -0.433. The molecule has 31 heavy (non-hydrogen) atoms. The fourth-order valence-corrected chi connectivity index (χ4v) is 4.38. The van der Waals surface area contributed by atoms with Crippen molar-refractivity contribution >= 4 is 17.8 Å². The van der Waals surface area contributed by atoms with Crippen LogP contribution in [0.15, 0.2) is 41.6 Å². The molecule has 0 aliphatic carbocycles. The van der Waals surface area contributed by atoms with Gasteiger partial charge in [0, 0.05) is 31.1 Å². The molecule has 0 bridgehead atoms. The number of nitrogens with zero attached hydrogens (tertiary/aromatic N) is 2. The van der Waals surface area contributed by atoms with Gasteiger partial charge in [-0.05, 0) is 45.3 Å². The van der Waals surface area contributed by atoms with Crippen LogP contribution >= 0.6 is 0 Å². The number of carbonyl (C=O) groups is 3. The zero-order valence-electron chi connectivity index (χ0n) is 18.6. The molecule has 0 radical (unpaired) electrons. The number of amides is 2. The van der Waals surface area contributed by atoms with Gasteiger partial charge < -0.3 is 19.9 Å². The summed E-state index contributed by atoms with van der Waals surface area (Å²) < 4.78 is 5.28. The lowest BCUT2D eigenvalue weighted by Crippen LogP contribution is -2.45. The number of hydrogen-bond acceptors (Lipinski definition) is 5. The topological polar surface area (TPSA) is 79.0 Å². The van der Waals surface area contributed by atoms with Crippen molar-refractivity contribution in [1.29, 1.82) is 0 Å². The minimum absolute atomic E-state index is 0.0882. The number of piperidine rings is 1. The van der Waals surface area contributed by atoms with Crippen molar-refractivity contribution in [2.24, 2.45) is 0 Å². The predicted molar refractivity (Wildman–Crippen MR) is 118 cm³/mol. The van der Waals surface area contributed by atoms with E-state index in [0.717, 1.165) is 25.2 Å². The summed E-state index contributed by atoms with van der Waals surface area (Å²) in [4.78, 5) is 42.0. The summed E-state index contributed by atoms with van der Waals surface area (Å²) in [7, 11) is 0. The summed E-state index contributed by atoms with van der Waals surface area (Å²) >= 11 is 0. The molecule has 0 spiro atoms. The van der Waals surface area contributed by atoms with E-state index in [1.807, 2.05) is 30.3 Å². The average molecular weight is 428 g/mol. The van der Waals surface area contributed by atoms with Gasteiger partial charge in [0.2, 0.25) is 11.8 Å². The van der Waals surface area contributed by atoms with Crippen molar-refractivity contribution in [1.82, 2.24) is 15.1 Å². The van der Waals surface area contributed by atoms with Crippen LogP contribution in [0.3, 0.4) is 0 Å². The van der Waals surface area contributed by atoms with Gasteiger partial charge in [-0.25, -0.2) is 4.79 Å². The lowest BCUT2D eigenvalue weighted by atomic mass is 9.83. The maximum absolute atomic E-state index is 12.9. The molecular weight excluding hydrogens is 394 g/mol. The second kappa shape index (κ2) is 11.1. The summed E-state index contributed by atoms with van der Waals surface area (Å²) in [5.74, 6) is -1.18. The number of ether oxygens (including phenoxy) is 1. The van der Waals surface area contributed by atoms with E-state index < -0.39 is 5.97 Å². The Morgan fingerprint density at radius 3 is 2.52 bits per heavy atom. The van der Waals surface area contributed by atoms with Gasteiger partial charge in [-0.1, -0.05) is 36.8 Å². The van der Waals surface area contributed by atoms with E-state index in [1.54, 1.807) is 13.8 Å². The molecule has 1 unspecified atom stereocenters. The summed E-state index contributed by atoms with van der Waals surface area (Å²) in [5, 5.41) is 2.92. The van der Waals surface area contributed by atoms with Gasteiger partial charge in [0.15, 0.2) is 0 Å². The molecular formula is C24H33N3O4. The zero-order chi connectivity index (χ0) is 22.2. The van der Waals surface area contributed by atoms with E-state index in [9.17, 15) is 14.4 Å². The lowest BCUT2D eigenvalue weighted by molar-refractivity contribution is -0.141. The van der Waals surface area contributed by atoms with Crippen molar-refractivity contribution < 1.29 is 19.1 Å². The molecule has 3 rings (SSSR count). The molecule has 2 aliphatic heterocycles. The van der Waals surface area contributed by atoms with Crippen LogP contribution in [0, 0.1) is 0 Å². The van der Waals surface area contributed by atoms with Gasteiger partial charge in [0.25, 0.3) is 0 Å². The third-order valence-electron chi connectivity index (χ3n) is 6.02. The normalized spacial score (nSPS) is 20.0. The fraction of sp³-hybridized carbons (Fsp3) is 0.542. The number of benzene rings is 1. The molecule has 1 aromatic rings. The highest BCUT2D eigenvalue weighted by Crippen LogP contribution is 2.36. The number of hydrogen-bond donors (Lipinski definition) is 1. The number of nitrogens with one attached hydrogen (secondary N) is 1. The Kier molecular flexibility index (Phi) is 8.23. The first-order chi connectivity index (χ1) is 15.0. The first kappa shape index (κ1) is 23.0. The Balaban J connectivity index is 1.70. The van der Waals surface area contributed by atoms with Gasteiger partial charge in [-0.15, -0.1) is 0 Å². The highest BCUT2D eigenvalue weighted by Gasteiger charge is 2.37. The van der Waals surface area contributed by atoms with Gasteiger partial charge in [-0.3, -0.25) is 9.59 Å². The van der Waals surface area contributed by atoms with Gasteiger partial charge in [0.05, 0.1) is 12.2 Å². The first-order valence-corrected chi connectivity index (χ1v) is 11.2. The summed E-state index contributed by atoms with van der Waals surface area (Å²) in [6.45, 7) is 7.17. The molecule has 1 saturated heterocycles. The summed E-state index contributed by atoms with van der Waals surface area (Å²) in [5.41, 5.74) is 1.84. The van der Waals surface area contributed by atoms with Crippen LogP contribution in [-0.4, -0.2) is 66.9 Å². The molecule has 7 nitrogen and oxygen atoms in total. The van der Waals surface area contributed by atoms with E-state index in [2.05, 4.69) is 10.2 Å². The number of likely N-dealkylation sites (tertiary alicyclic amines) is 1. The van der Waals surface area contributed by atoms with Gasteiger partial charge in [0.1, 0.15) is 6.54 Å². The Morgan fingerprint density at radius 2 is 1.84 bits per heavy atom. The molecule has 2 amide bonds. The van der Waals surface area contributed by atoms with Gasteiger partial charge in [-0.2, -0.15) is 0 Å². The molecule has 1 fully saturated rings. The third kappa shape index (κ3) is 5.94. The fourth-order valence-electron chi connectivity index (χ4n) is 4.38. The molecule has 1 N–H and O–H groups in total. The molecule has 0 aromatic heterocycles. The van der Waals surface area contributed by atoms with E-state index in [1.165, 1.54) is 24.2 Å². The number of allylic oxidation sites excluding steroid dienone is 1. The van der Waals surface area contributed by atoms with Crippen LogP contribution in [0.4, 0.5) is 0 Å². The van der Waals surface area contributed by atoms with Crippen molar-refractivity contribution in [2.75, 3.05) is 39.3 Å². The van der Waals surface area contributed by atoms with Crippen LogP contribution in [0.1, 0.15) is 51.0 Å². The van der Waals surface area contributed by atoms with Gasteiger partial charge >= 0.3 is 5.97 Å². The Bertz CT molecular complexity index is 815. The number of carbonyl (C=O) groups excluding carboxylic acids is 3. The quantitative estimate of drug-likeness (QED) is 0.645. The van der Waals surface area contributed by atoms with Crippen LogP contribution < -0.4 is 5.32 Å². The summed E-state index contributed by atoms with van der Waals surface area (Å²) in [6.07, 6.45) is 3.83. The molecule has 7 heteroatoms. The average Bonchev–Trinajstić information content (AvgIpc) is 2.77. The monoisotopic (exact) mass is 427 g/mol. The molecule has 2 aliphatic rings. The largest absolute Gasteiger partial charge is 0.463 e. The smallest absolute Gasteiger partial charge is 0.336 e. The van der Waals surface area contributed by atoms with E-state index in [-0.39, 0.29) is 37.3 Å². The molecule has 1 atom stereocenters. The third-order valence-corrected chi connectivity index (χ3v) is 6.02. The second-order valence-corrected chi connectivity index (χ2v) is 8.12. The van der Waals surface area contributed by atoms with E-state index in [0.29, 0.717) is 17.8 Å². The highest BCUT2D eigenvalue weighted by atomic mass is 16.5. The molecule has 0 saturated carbocycles. The van der Waals surface area contributed by atoms with E-state index in [4.69, 9.17) is 4.74 Å². The Morgan fingerprint density at radius 1 is 1.13 bits per heavy atom. The zero-order valence-corrected chi connectivity index (χ0v) is 18.6. The summed E-state index contributed by atoms with van der Waals surface area (Å²) in [6, 6.07) is 9.50. The second-order valence-electron chi connectivity index (χ2n) is 8.12. The van der Waals surface area contributed by atoms with Crippen LogP contribution in [0.25, 0.3) is 0 Å². The number of esters is 1. The maximum atomic E-state index is 12.9. The van der Waals surface area contributed by atoms with E-state index >= 15 is 0 Å². The van der Waals surface area contributed by atoms with Crippen LogP contribution in [0.2, 0.25) is 0 Å². The van der Waals surface area contributed by atoms with Crippen molar-refractivity contribution in [3.63, 3.8) is 0 Å². The predicted octanol–water partition coefficient (Wildman–Crippen LogP) is 2.44. The SMILES string of the molecule is CCOC(=O)C1=C(C)N(CC(=O)NCCN2CCCCC2)C(=O)CC1c1ccccc1. The number of rotatable bonds is 8. The maximum Gasteiger partial charge on any atom is 0.336 e. The molecule has 1 aromatic carbocycles. The highest BCUT2D eigenvalue weighted by molar-refractivity contribution is 5.97. The first-order valence-electron chi connectivity index (χ1n) is 11.2. The van der Waals surface area contributed by atoms with Crippen LogP contribution in [0.5, 0.6) is 0 Å². The van der Waals surface area contributed by atoms with Crippen molar-refractivity contribution in [3.05, 3.63) is 47.2 Å². The Labute approximate surface area is 184 Å². The van der Waals surface area contributed by atoms with Crippen molar-refractivity contribution in [2.45, 2.75) is 45.4 Å². The molecule has 168 valence electrons.